The lowest BCUT2D eigenvalue weighted by Gasteiger charge is -2.14. The summed E-state index contributed by atoms with van der Waals surface area (Å²) in [4.78, 5) is 4.06. The maximum Gasteiger partial charge on any atom is 0.142 e. The first kappa shape index (κ1) is 13.7. The highest BCUT2D eigenvalue weighted by atomic mass is 19.1. The van der Waals surface area contributed by atoms with E-state index < -0.39 is 17.7 Å². The third-order valence-electron chi connectivity index (χ3n) is 3.03. The standard InChI is InChI=1S/C14H16F2N2O/c1-3-5-18-6-4-17-14(18)13(19)10-7-9(2)11(15)8-12(10)16/h4,6-8,13,19H,3,5H2,1-2H3. The summed E-state index contributed by atoms with van der Waals surface area (Å²) in [5.41, 5.74) is 0.339. The van der Waals surface area contributed by atoms with E-state index in [9.17, 15) is 13.9 Å². The van der Waals surface area contributed by atoms with Crippen molar-refractivity contribution in [2.24, 2.45) is 0 Å². The van der Waals surface area contributed by atoms with Crippen LogP contribution in [0.1, 0.15) is 36.4 Å². The Morgan fingerprint density at radius 3 is 2.74 bits per heavy atom. The normalized spacial score (nSPS) is 12.7. The van der Waals surface area contributed by atoms with Crippen molar-refractivity contribution in [2.45, 2.75) is 32.9 Å². The maximum absolute atomic E-state index is 13.8. The number of hydrogen-bond acceptors (Lipinski definition) is 2. The molecule has 1 unspecified atom stereocenters. The molecular formula is C14H16F2N2O. The van der Waals surface area contributed by atoms with Crippen LogP contribution in [-0.2, 0) is 6.54 Å². The minimum atomic E-state index is -1.19. The zero-order chi connectivity index (χ0) is 14.0. The van der Waals surface area contributed by atoms with E-state index in [0.29, 0.717) is 17.9 Å². The number of aliphatic hydroxyl groups is 1. The van der Waals surface area contributed by atoms with E-state index in [2.05, 4.69) is 4.98 Å². The summed E-state index contributed by atoms with van der Waals surface area (Å²) in [5.74, 6) is -1.02. The van der Waals surface area contributed by atoms with Gasteiger partial charge < -0.3 is 9.67 Å². The third-order valence-corrected chi connectivity index (χ3v) is 3.03. The Morgan fingerprint density at radius 2 is 2.05 bits per heavy atom. The summed E-state index contributed by atoms with van der Waals surface area (Å²) in [6.45, 7) is 4.22. The summed E-state index contributed by atoms with van der Waals surface area (Å²) in [5, 5.41) is 10.2. The van der Waals surface area contributed by atoms with Gasteiger partial charge in [0.25, 0.3) is 0 Å². The predicted octanol–water partition coefficient (Wildman–Crippen LogP) is 2.96. The number of nitrogens with zero attached hydrogens (tertiary/aromatic N) is 2. The van der Waals surface area contributed by atoms with Gasteiger partial charge in [0.1, 0.15) is 23.6 Å². The fourth-order valence-electron chi connectivity index (χ4n) is 2.03. The zero-order valence-corrected chi connectivity index (χ0v) is 10.9. The molecule has 0 saturated heterocycles. The molecule has 2 rings (SSSR count). The number of benzene rings is 1. The lowest BCUT2D eigenvalue weighted by Crippen LogP contribution is -2.11. The van der Waals surface area contributed by atoms with Crippen LogP contribution in [-0.4, -0.2) is 14.7 Å². The molecule has 102 valence electrons. The number of imidazole rings is 1. The fraction of sp³-hybridized carbons (Fsp3) is 0.357. The van der Waals surface area contributed by atoms with Crippen molar-refractivity contribution in [1.29, 1.82) is 0 Å². The van der Waals surface area contributed by atoms with Crippen molar-refractivity contribution in [1.82, 2.24) is 9.55 Å². The lowest BCUT2D eigenvalue weighted by atomic mass is 10.0. The Labute approximate surface area is 110 Å². The largest absolute Gasteiger partial charge is 0.380 e. The van der Waals surface area contributed by atoms with Crippen LogP contribution in [0.15, 0.2) is 24.5 Å². The molecule has 0 spiro atoms. The summed E-state index contributed by atoms with van der Waals surface area (Å²) in [6, 6.07) is 2.11. The lowest BCUT2D eigenvalue weighted by molar-refractivity contribution is 0.199. The number of aryl methyl sites for hydroxylation is 2. The van der Waals surface area contributed by atoms with E-state index in [1.807, 2.05) is 6.92 Å². The second-order valence-corrected chi connectivity index (χ2v) is 4.50. The number of aromatic nitrogens is 2. The molecule has 0 bridgehead atoms. The summed E-state index contributed by atoms with van der Waals surface area (Å²) >= 11 is 0. The van der Waals surface area contributed by atoms with E-state index in [0.717, 1.165) is 12.5 Å². The smallest absolute Gasteiger partial charge is 0.142 e. The van der Waals surface area contributed by atoms with Gasteiger partial charge >= 0.3 is 0 Å². The van der Waals surface area contributed by atoms with Crippen LogP contribution >= 0.6 is 0 Å². The molecule has 1 heterocycles. The van der Waals surface area contributed by atoms with Crippen LogP contribution < -0.4 is 0 Å². The van der Waals surface area contributed by atoms with Crippen LogP contribution in [0.25, 0.3) is 0 Å². The Morgan fingerprint density at radius 1 is 1.32 bits per heavy atom. The van der Waals surface area contributed by atoms with E-state index in [4.69, 9.17) is 0 Å². The summed E-state index contributed by atoms with van der Waals surface area (Å²) in [7, 11) is 0. The monoisotopic (exact) mass is 266 g/mol. The molecule has 0 saturated carbocycles. The van der Waals surface area contributed by atoms with Gasteiger partial charge in [-0.15, -0.1) is 0 Å². The predicted molar refractivity (Wildman–Crippen MR) is 67.7 cm³/mol. The van der Waals surface area contributed by atoms with Crippen LogP contribution in [0.4, 0.5) is 8.78 Å². The molecule has 5 heteroatoms. The van der Waals surface area contributed by atoms with Crippen molar-refractivity contribution in [3.8, 4) is 0 Å². The molecule has 0 aliphatic carbocycles. The number of rotatable bonds is 4. The van der Waals surface area contributed by atoms with Crippen LogP contribution in [0.2, 0.25) is 0 Å². The average molecular weight is 266 g/mol. The molecule has 0 fully saturated rings. The third kappa shape index (κ3) is 2.66. The van der Waals surface area contributed by atoms with Crippen LogP contribution in [0.5, 0.6) is 0 Å². The fourth-order valence-corrected chi connectivity index (χ4v) is 2.03. The van der Waals surface area contributed by atoms with Gasteiger partial charge in [-0.3, -0.25) is 0 Å². The molecule has 0 radical (unpaired) electrons. The van der Waals surface area contributed by atoms with E-state index in [-0.39, 0.29) is 5.56 Å². The zero-order valence-electron chi connectivity index (χ0n) is 10.9. The van der Waals surface area contributed by atoms with E-state index in [1.54, 1.807) is 17.0 Å². The molecular weight excluding hydrogens is 250 g/mol. The molecule has 0 amide bonds. The highest BCUT2D eigenvalue weighted by molar-refractivity contribution is 5.30. The molecule has 1 N–H and O–H groups in total. The second kappa shape index (κ2) is 5.48. The van der Waals surface area contributed by atoms with Gasteiger partial charge in [0, 0.05) is 30.6 Å². The molecule has 2 aromatic rings. The van der Waals surface area contributed by atoms with Crippen molar-refractivity contribution in [3.05, 3.63) is 53.1 Å². The minimum Gasteiger partial charge on any atom is -0.380 e. The number of halogens is 2. The molecule has 1 aromatic heterocycles. The molecule has 0 aliphatic heterocycles. The second-order valence-electron chi connectivity index (χ2n) is 4.50. The van der Waals surface area contributed by atoms with Crippen molar-refractivity contribution in [3.63, 3.8) is 0 Å². The van der Waals surface area contributed by atoms with Gasteiger partial charge in [-0.2, -0.15) is 0 Å². The Hall–Kier alpha value is -1.75. The molecule has 19 heavy (non-hydrogen) atoms. The Bertz CT molecular complexity index is 581. The van der Waals surface area contributed by atoms with Gasteiger partial charge in [-0.05, 0) is 25.0 Å². The van der Waals surface area contributed by atoms with Gasteiger partial charge in [0.2, 0.25) is 0 Å². The van der Waals surface area contributed by atoms with Crippen molar-refractivity contribution in [2.75, 3.05) is 0 Å². The molecule has 0 aliphatic rings. The Kier molecular flexibility index (Phi) is 3.95. The molecule has 1 atom stereocenters. The summed E-state index contributed by atoms with van der Waals surface area (Å²) in [6.07, 6.45) is 2.97. The topological polar surface area (TPSA) is 38.0 Å². The highest BCUT2D eigenvalue weighted by Gasteiger charge is 2.20. The maximum atomic E-state index is 13.8. The first-order valence-corrected chi connectivity index (χ1v) is 6.19. The first-order chi connectivity index (χ1) is 9.04. The summed E-state index contributed by atoms with van der Waals surface area (Å²) < 4.78 is 28.7. The number of aliphatic hydroxyl groups excluding tert-OH is 1. The Balaban J connectivity index is 2.41. The quantitative estimate of drug-likeness (QED) is 0.924. The van der Waals surface area contributed by atoms with Gasteiger partial charge in [0.05, 0.1) is 0 Å². The molecule has 1 aromatic carbocycles. The van der Waals surface area contributed by atoms with Crippen molar-refractivity contribution >= 4 is 0 Å². The van der Waals surface area contributed by atoms with E-state index >= 15 is 0 Å². The van der Waals surface area contributed by atoms with Crippen LogP contribution in [0.3, 0.4) is 0 Å². The molecule has 3 nitrogen and oxygen atoms in total. The van der Waals surface area contributed by atoms with Gasteiger partial charge in [-0.25, -0.2) is 13.8 Å². The first-order valence-electron chi connectivity index (χ1n) is 6.19. The SMILES string of the molecule is CCCn1ccnc1C(O)c1cc(C)c(F)cc1F. The highest BCUT2D eigenvalue weighted by Crippen LogP contribution is 2.25. The number of hydrogen-bond donors (Lipinski definition) is 1. The van der Waals surface area contributed by atoms with E-state index in [1.165, 1.54) is 13.0 Å². The van der Waals surface area contributed by atoms with Gasteiger partial charge in [-0.1, -0.05) is 6.92 Å². The average Bonchev–Trinajstić information content (AvgIpc) is 2.82. The van der Waals surface area contributed by atoms with Gasteiger partial charge in [0.15, 0.2) is 0 Å². The minimum absolute atomic E-state index is 0.0439. The van der Waals surface area contributed by atoms with Crippen LogP contribution in [0, 0.1) is 18.6 Å². The van der Waals surface area contributed by atoms with Crippen molar-refractivity contribution < 1.29 is 13.9 Å².